The molecule has 0 saturated carbocycles. The maximum absolute atomic E-state index is 6.14. The normalized spacial score (nSPS) is 17.5. The van der Waals surface area contributed by atoms with E-state index in [2.05, 4.69) is 42.6 Å². The number of benzene rings is 1. The maximum Gasteiger partial charge on any atom is 0.00955 e. The fourth-order valence-electron chi connectivity index (χ4n) is 3.20. The van der Waals surface area contributed by atoms with Crippen LogP contribution in [0.3, 0.4) is 0 Å². The first-order chi connectivity index (χ1) is 9.71. The second kappa shape index (κ2) is 5.71. The van der Waals surface area contributed by atoms with Crippen molar-refractivity contribution in [3.63, 3.8) is 0 Å². The number of hydrogen-bond acceptors (Lipinski definition) is 2. The Bertz CT molecular complexity index is 573. The van der Waals surface area contributed by atoms with Gasteiger partial charge in [0.05, 0.1) is 0 Å². The van der Waals surface area contributed by atoms with E-state index in [0.717, 1.165) is 6.42 Å². The third-order valence-electron chi connectivity index (χ3n) is 4.64. The van der Waals surface area contributed by atoms with E-state index in [1.165, 1.54) is 36.1 Å². The lowest BCUT2D eigenvalue weighted by Crippen LogP contribution is -2.34. The standard InChI is InChI=1S/C18H23NS/c1-18(13-19,12-17-7-4-10-20-17)16-9-8-14-5-2-3-6-15(14)11-16/h4,7-11H,2-3,5-6,12-13,19H2,1H3. The van der Waals surface area contributed by atoms with Gasteiger partial charge in [-0.25, -0.2) is 0 Å². The summed E-state index contributed by atoms with van der Waals surface area (Å²) in [5.74, 6) is 0. The van der Waals surface area contributed by atoms with E-state index in [9.17, 15) is 0 Å². The Hall–Kier alpha value is -1.12. The molecule has 1 aliphatic carbocycles. The average molecular weight is 285 g/mol. The number of rotatable bonds is 4. The Morgan fingerprint density at radius 1 is 1.15 bits per heavy atom. The second-order valence-electron chi connectivity index (χ2n) is 6.21. The van der Waals surface area contributed by atoms with Crippen molar-refractivity contribution in [2.75, 3.05) is 6.54 Å². The Labute approximate surface area is 125 Å². The maximum atomic E-state index is 6.14. The third-order valence-corrected chi connectivity index (χ3v) is 5.52. The molecule has 0 radical (unpaired) electrons. The van der Waals surface area contributed by atoms with Crippen molar-refractivity contribution in [1.29, 1.82) is 0 Å². The van der Waals surface area contributed by atoms with Crippen LogP contribution in [-0.4, -0.2) is 6.54 Å². The van der Waals surface area contributed by atoms with Crippen LogP contribution in [0.4, 0.5) is 0 Å². The molecule has 0 aliphatic heterocycles. The average Bonchev–Trinajstić information content (AvgIpc) is 2.99. The van der Waals surface area contributed by atoms with Crippen molar-refractivity contribution >= 4 is 11.3 Å². The van der Waals surface area contributed by atoms with Crippen LogP contribution in [0.2, 0.25) is 0 Å². The van der Waals surface area contributed by atoms with E-state index in [0.29, 0.717) is 6.54 Å². The SMILES string of the molecule is CC(CN)(Cc1cccs1)c1ccc2c(c1)CCCC2. The van der Waals surface area contributed by atoms with E-state index < -0.39 is 0 Å². The fourth-order valence-corrected chi connectivity index (χ4v) is 4.09. The number of hydrogen-bond donors (Lipinski definition) is 1. The number of thiophene rings is 1. The van der Waals surface area contributed by atoms with Gasteiger partial charge in [0, 0.05) is 16.8 Å². The molecule has 1 aliphatic rings. The Morgan fingerprint density at radius 3 is 2.65 bits per heavy atom. The van der Waals surface area contributed by atoms with E-state index >= 15 is 0 Å². The van der Waals surface area contributed by atoms with Gasteiger partial charge in [-0.2, -0.15) is 0 Å². The third kappa shape index (κ3) is 2.68. The summed E-state index contributed by atoms with van der Waals surface area (Å²) < 4.78 is 0. The lowest BCUT2D eigenvalue weighted by molar-refractivity contribution is 0.483. The first kappa shape index (κ1) is 13.8. The summed E-state index contributed by atoms with van der Waals surface area (Å²) in [6.45, 7) is 3.00. The van der Waals surface area contributed by atoms with Gasteiger partial charge in [-0.15, -0.1) is 11.3 Å². The van der Waals surface area contributed by atoms with Gasteiger partial charge < -0.3 is 5.73 Å². The van der Waals surface area contributed by atoms with Gasteiger partial charge in [-0.3, -0.25) is 0 Å². The van der Waals surface area contributed by atoms with E-state index in [1.54, 1.807) is 11.1 Å². The van der Waals surface area contributed by atoms with Gasteiger partial charge >= 0.3 is 0 Å². The van der Waals surface area contributed by atoms with Crippen molar-refractivity contribution in [2.45, 2.75) is 44.4 Å². The molecule has 1 unspecified atom stereocenters. The summed E-state index contributed by atoms with van der Waals surface area (Å²) in [5, 5.41) is 2.15. The van der Waals surface area contributed by atoms with Crippen molar-refractivity contribution < 1.29 is 0 Å². The molecule has 1 aromatic carbocycles. The van der Waals surface area contributed by atoms with Gasteiger partial charge in [-0.05, 0) is 60.2 Å². The highest BCUT2D eigenvalue weighted by molar-refractivity contribution is 7.09. The fraction of sp³-hybridized carbons (Fsp3) is 0.444. The first-order valence-corrected chi connectivity index (χ1v) is 8.44. The largest absolute Gasteiger partial charge is 0.330 e. The molecule has 0 amide bonds. The van der Waals surface area contributed by atoms with Crippen LogP contribution in [0.1, 0.15) is 41.3 Å². The van der Waals surface area contributed by atoms with Crippen molar-refractivity contribution in [3.05, 3.63) is 57.3 Å². The van der Waals surface area contributed by atoms with Gasteiger partial charge in [0.2, 0.25) is 0 Å². The van der Waals surface area contributed by atoms with Crippen molar-refractivity contribution in [3.8, 4) is 0 Å². The van der Waals surface area contributed by atoms with E-state index in [1.807, 2.05) is 11.3 Å². The molecule has 2 N–H and O–H groups in total. The summed E-state index contributed by atoms with van der Waals surface area (Å²) in [4.78, 5) is 1.43. The van der Waals surface area contributed by atoms with Crippen LogP contribution < -0.4 is 5.73 Å². The molecule has 0 saturated heterocycles. The second-order valence-corrected chi connectivity index (χ2v) is 7.24. The highest BCUT2D eigenvalue weighted by Gasteiger charge is 2.27. The molecule has 0 spiro atoms. The van der Waals surface area contributed by atoms with E-state index in [4.69, 9.17) is 5.73 Å². The molecule has 2 heteroatoms. The predicted molar refractivity (Wildman–Crippen MR) is 87.5 cm³/mol. The molecule has 2 aromatic rings. The van der Waals surface area contributed by atoms with Crippen LogP contribution >= 0.6 is 11.3 Å². The highest BCUT2D eigenvalue weighted by atomic mass is 32.1. The Kier molecular flexibility index (Phi) is 3.95. The lowest BCUT2D eigenvalue weighted by atomic mass is 9.77. The predicted octanol–water partition coefficient (Wildman–Crippen LogP) is 4.09. The molecule has 1 aromatic heterocycles. The molecule has 1 nitrogen and oxygen atoms in total. The number of fused-ring (bicyclic) bond motifs is 1. The summed E-state index contributed by atoms with van der Waals surface area (Å²) in [6, 6.07) is 11.4. The zero-order valence-corrected chi connectivity index (χ0v) is 13.0. The molecule has 20 heavy (non-hydrogen) atoms. The monoisotopic (exact) mass is 285 g/mol. The van der Waals surface area contributed by atoms with Crippen LogP contribution in [0.25, 0.3) is 0 Å². The minimum Gasteiger partial charge on any atom is -0.330 e. The summed E-state index contributed by atoms with van der Waals surface area (Å²) in [5.41, 5.74) is 10.7. The molecule has 1 atom stereocenters. The van der Waals surface area contributed by atoms with Crippen molar-refractivity contribution in [1.82, 2.24) is 0 Å². The van der Waals surface area contributed by atoms with Gasteiger partial charge in [-0.1, -0.05) is 31.2 Å². The number of aryl methyl sites for hydroxylation is 2. The van der Waals surface area contributed by atoms with E-state index in [-0.39, 0.29) is 5.41 Å². The molecule has 0 bridgehead atoms. The Balaban J connectivity index is 1.92. The lowest BCUT2D eigenvalue weighted by Gasteiger charge is -2.30. The summed E-state index contributed by atoms with van der Waals surface area (Å²) in [6.07, 6.45) is 6.21. The molecule has 3 rings (SSSR count). The summed E-state index contributed by atoms with van der Waals surface area (Å²) >= 11 is 1.83. The van der Waals surface area contributed by atoms with Gasteiger partial charge in [0.15, 0.2) is 0 Å². The Morgan fingerprint density at radius 2 is 1.95 bits per heavy atom. The molecule has 106 valence electrons. The van der Waals surface area contributed by atoms with Crippen LogP contribution in [0, 0.1) is 0 Å². The topological polar surface area (TPSA) is 26.0 Å². The first-order valence-electron chi connectivity index (χ1n) is 7.56. The minimum atomic E-state index is 0.0529. The molecule has 0 fully saturated rings. The van der Waals surface area contributed by atoms with Crippen LogP contribution in [-0.2, 0) is 24.7 Å². The minimum absolute atomic E-state index is 0.0529. The zero-order valence-electron chi connectivity index (χ0n) is 12.2. The zero-order chi connectivity index (χ0) is 14.0. The van der Waals surface area contributed by atoms with Gasteiger partial charge in [0.25, 0.3) is 0 Å². The van der Waals surface area contributed by atoms with Crippen LogP contribution in [0.15, 0.2) is 35.7 Å². The highest BCUT2D eigenvalue weighted by Crippen LogP contribution is 2.32. The molecule has 1 heterocycles. The smallest absolute Gasteiger partial charge is 0.00955 e. The van der Waals surface area contributed by atoms with Crippen LogP contribution in [0.5, 0.6) is 0 Å². The summed E-state index contributed by atoms with van der Waals surface area (Å²) in [7, 11) is 0. The van der Waals surface area contributed by atoms with Crippen molar-refractivity contribution in [2.24, 2.45) is 5.73 Å². The number of nitrogens with two attached hydrogens (primary N) is 1. The molecular weight excluding hydrogens is 262 g/mol. The molecular formula is C18H23NS. The van der Waals surface area contributed by atoms with Gasteiger partial charge in [0.1, 0.15) is 0 Å². The quantitative estimate of drug-likeness (QED) is 0.899.